The number of thioether (sulfide) groups is 1. The summed E-state index contributed by atoms with van der Waals surface area (Å²) in [5.41, 5.74) is 1.34. The van der Waals surface area contributed by atoms with Crippen LogP contribution in [0.2, 0.25) is 0 Å². The molecule has 0 bridgehead atoms. The summed E-state index contributed by atoms with van der Waals surface area (Å²) in [5, 5.41) is 3.71. The van der Waals surface area contributed by atoms with Gasteiger partial charge in [0.25, 0.3) is 5.91 Å². The van der Waals surface area contributed by atoms with Crippen LogP contribution in [0.4, 0.5) is 5.69 Å². The third kappa shape index (κ3) is 3.25. The Kier molecular flexibility index (Phi) is 4.65. The molecule has 0 spiro atoms. The monoisotopic (exact) mass is 421 g/mol. The molecule has 1 fully saturated rings. The van der Waals surface area contributed by atoms with E-state index in [1.807, 2.05) is 40.6 Å². The smallest absolute Gasteiger partial charge is 0.277 e. The molecule has 0 radical (unpaired) electrons. The van der Waals surface area contributed by atoms with Gasteiger partial charge in [-0.1, -0.05) is 25.0 Å². The number of imidazole rings is 1. The van der Waals surface area contributed by atoms with Gasteiger partial charge in [-0.15, -0.1) is 23.1 Å². The minimum atomic E-state index is -0.161. The molecule has 2 heterocycles. The topological polar surface area (TPSA) is 46.4 Å². The lowest BCUT2D eigenvalue weighted by Crippen LogP contribution is -2.13. The highest BCUT2D eigenvalue weighted by atomic mass is 79.9. The minimum Gasteiger partial charge on any atom is -0.320 e. The van der Waals surface area contributed by atoms with Crippen molar-refractivity contribution in [1.82, 2.24) is 9.38 Å². The minimum absolute atomic E-state index is 0.161. The van der Waals surface area contributed by atoms with E-state index in [-0.39, 0.29) is 5.91 Å². The van der Waals surface area contributed by atoms with Gasteiger partial charge in [0, 0.05) is 16.3 Å². The van der Waals surface area contributed by atoms with E-state index in [0.29, 0.717) is 10.9 Å². The van der Waals surface area contributed by atoms with Gasteiger partial charge in [0.1, 0.15) is 11.2 Å². The summed E-state index contributed by atoms with van der Waals surface area (Å²) in [6, 6.07) is 8.03. The van der Waals surface area contributed by atoms with Crippen molar-refractivity contribution in [1.29, 1.82) is 0 Å². The molecule has 1 N–H and O–H groups in total. The zero-order valence-electron chi connectivity index (χ0n) is 12.9. The average Bonchev–Trinajstić information content (AvgIpc) is 3.26. The lowest BCUT2D eigenvalue weighted by Gasteiger charge is -2.13. The van der Waals surface area contributed by atoms with Crippen LogP contribution in [0.1, 0.15) is 36.2 Å². The van der Waals surface area contributed by atoms with Gasteiger partial charge >= 0.3 is 0 Å². The summed E-state index contributed by atoms with van der Waals surface area (Å²) < 4.78 is 2.84. The van der Waals surface area contributed by atoms with Crippen LogP contribution in [0.25, 0.3) is 4.83 Å². The van der Waals surface area contributed by atoms with Gasteiger partial charge in [0.2, 0.25) is 0 Å². The molecule has 1 aliphatic carbocycles. The van der Waals surface area contributed by atoms with Crippen LogP contribution in [0.5, 0.6) is 0 Å². The van der Waals surface area contributed by atoms with Crippen molar-refractivity contribution in [3.05, 3.63) is 46.3 Å². The number of benzene rings is 1. The van der Waals surface area contributed by atoms with Crippen molar-refractivity contribution >= 4 is 55.5 Å². The number of rotatable bonds is 4. The third-order valence-corrected chi connectivity index (χ3v) is 7.13. The Labute approximate surface area is 156 Å². The van der Waals surface area contributed by atoms with Crippen LogP contribution in [-0.2, 0) is 0 Å². The molecule has 24 heavy (non-hydrogen) atoms. The lowest BCUT2D eigenvalue weighted by atomic mass is 10.3. The van der Waals surface area contributed by atoms with Gasteiger partial charge in [-0.3, -0.25) is 9.20 Å². The molecular formula is C17H16BrN3OS2. The van der Waals surface area contributed by atoms with E-state index < -0.39 is 0 Å². The number of amides is 1. The summed E-state index contributed by atoms with van der Waals surface area (Å²) in [6.07, 6.45) is 8.73. The van der Waals surface area contributed by atoms with E-state index >= 15 is 0 Å². The molecule has 1 aliphatic rings. The Morgan fingerprint density at radius 2 is 2.12 bits per heavy atom. The molecule has 0 saturated heterocycles. The third-order valence-electron chi connectivity index (χ3n) is 4.13. The number of para-hydroxylation sites is 1. The molecule has 1 aromatic carbocycles. The Morgan fingerprint density at radius 3 is 2.96 bits per heavy atom. The number of halogens is 1. The van der Waals surface area contributed by atoms with Gasteiger partial charge in [0.15, 0.2) is 5.69 Å². The highest BCUT2D eigenvalue weighted by Crippen LogP contribution is 2.38. The number of hydrogen-bond acceptors (Lipinski definition) is 4. The van der Waals surface area contributed by atoms with Gasteiger partial charge in [-0.25, -0.2) is 4.98 Å². The van der Waals surface area contributed by atoms with Crippen molar-refractivity contribution in [3.8, 4) is 0 Å². The Hall–Kier alpha value is -1.31. The van der Waals surface area contributed by atoms with Gasteiger partial charge in [-0.05, 0) is 40.9 Å². The molecule has 0 aliphatic heterocycles. The summed E-state index contributed by atoms with van der Waals surface area (Å²) in [6.45, 7) is 0. The highest BCUT2D eigenvalue weighted by molar-refractivity contribution is 9.11. The van der Waals surface area contributed by atoms with Gasteiger partial charge in [-0.2, -0.15) is 0 Å². The predicted octanol–water partition coefficient (Wildman–Crippen LogP) is 5.45. The SMILES string of the molecule is O=C(Nc1ccccc1SC1CCCC1)c1ncn2cc(Br)sc12. The zero-order chi connectivity index (χ0) is 16.5. The number of hydrogen-bond donors (Lipinski definition) is 1. The number of aromatic nitrogens is 2. The number of nitrogens with one attached hydrogen (secondary N) is 1. The van der Waals surface area contributed by atoms with E-state index in [9.17, 15) is 4.79 Å². The number of nitrogens with zero attached hydrogens (tertiary/aromatic N) is 2. The normalized spacial score (nSPS) is 15.2. The fourth-order valence-electron chi connectivity index (χ4n) is 2.97. The molecule has 124 valence electrons. The molecular weight excluding hydrogens is 406 g/mol. The van der Waals surface area contributed by atoms with Crippen LogP contribution < -0.4 is 5.32 Å². The molecule has 1 amide bonds. The van der Waals surface area contributed by atoms with Crippen LogP contribution in [0, 0.1) is 0 Å². The van der Waals surface area contributed by atoms with Crippen molar-refractivity contribution in [2.75, 3.05) is 5.32 Å². The molecule has 2 aromatic heterocycles. The second-order valence-electron chi connectivity index (χ2n) is 5.82. The summed E-state index contributed by atoms with van der Waals surface area (Å²) in [7, 11) is 0. The first kappa shape index (κ1) is 16.2. The van der Waals surface area contributed by atoms with Gasteiger partial charge < -0.3 is 5.32 Å². The number of fused-ring (bicyclic) bond motifs is 1. The molecule has 4 nitrogen and oxygen atoms in total. The van der Waals surface area contributed by atoms with E-state index in [2.05, 4.69) is 32.3 Å². The maximum atomic E-state index is 12.7. The first-order chi connectivity index (χ1) is 11.7. The molecule has 0 unspecified atom stereocenters. The Balaban J connectivity index is 1.57. The van der Waals surface area contributed by atoms with E-state index in [4.69, 9.17) is 0 Å². The van der Waals surface area contributed by atoms with Crippen molar-refractivity contribution in [2.45, 2.75) is 35.8 Å². The summed E-state index contributed by atoms with van der Waals surface area (Å²) >= 11 is 6.83. The van der Waals surface area contributed by atoms with Crippen molar-refractivity contribution in [3.63, 3.8) is 0 Å². The Bertz CT molecular complexity index is 883. The molecule has 7 heteroatoms. The standard InChI is InChI=1S/C17H16BrN3OS2/c18-14-9-21-10-19-15(17(21)24-14)16(22)20-12-7-3-4-8-13(12)23-11-5-1-2-6-11/h3-4,7-11H,1-2,5-6H2,(H,20,22). The second kappa shape index (κ2) is 6.90. The van der Waals surface area contributed by atoms with E-state index in [1.165, 1.54) is 37.0 Å². The second-order valence-corrected chi connectivity index (χ2v) is 9.57. The summed E-state index contributed by atoms with van der Waals surface area (Å²) in [5.74, 6) is -0.161. The maximum absolute atomic E-state index is 12.7. The molecule has 1 saturated carbocycles. The molecule has 4 rings (SSSR count). The number of anilines is 1. The average molecular weight is 422 g/mol. The molecule has 3 aromatic rings. The largest absolute Gasteiger partial charge is 0.320 e. The van der Waals surface area contributed by atoms with Crippen molar-refractivity contribution in [2.24, 2.45) is 0 Å². The van der Waals surface area contributed by atoms with Crippen LogP contribution in [0.3, 0.4) is 0 Å². The van der Waals surface area contributed by atoms with Crippen LogP contribution in [-0.4, -0.2) is 20.5 Å². The number of carbonyl (C=O) groups excluding carboxylic acids is 1. The lowest BCUT2D eigenvalue weighted by molar-refractivity contribution is 0.102. The zero-order valence-corrected chi connectivity index (χ0v) is 16.1. The first-order valence-electron chi connectivity index (χ1n) is 7.90. The van der Waals surface area contributed by atoms with E-state index in [1.54, 1.807) is 6.33 Å². The van der Waals surface area contributed by atoms with Crippen molar-refractivity contribution < 1.29 is 4.79 Å². The van der Waals surface area contributed by atoms with E-state index in [0.717, 1.165) is 19.2 Å². The fraction of sp³-hybridized carbons (Fsp3) is 0.294. The first-order valence-corrected chi connectivity index (χ1v) is 10.4. The number of thiazole rings is 1. The molecule has 0 atom stereocenters. The maximum Gasteiger partial charge on any atom is 0.277 e. The van der Waals surface area contributed by atoms with Gasteiger partial charge in [0.05, 0.1) is 9.47 Å². The fourth-order valence-corrected chi connectivity index (χ4v) is 5.78. The number of carbonyl (C=O) groups is 1. The highest BCUT2D eigenvalue weighted by Gasteiger charge is 2.20. The predicted molar refractivity (Wildman–Crippen MR) is 103 cm³/mol. The van der Waals surface area contributed by atoms with Crippen LogP contribution >= 0.6 is 39.0 Å². The van der Waals surface area contributed by atoms with Crippen LogP contribution in [0.15, 0.2) is 45.5 Å². The summed E-state index contributed by atoms with van der Waals surface area (Å²) in [4.78, 5) is 18.9. The Morgan fingerprint density at radius 1 is 1.33 bits per heavy atom. The quantitative estimate of drug-likeness (QED) is 0.609.